The highest BCUT2D eigenvalue weighted by Gasteiger charge is 2.21. The van der Waals surface area contributed by atoms with Gasteiger partial charge in [0, 0.05) is 31.3 Å². The van der Waals surface area contributed by atoms with Crippen molar-refractivity contribution in [1.29, 1.82) is 0 Å². The number of unbranched alkanes of at least 4 members (excludes halogenated alkanes) is 1. The van der Waals surface area contributed by atoms with Gasteiger partial charge in [-0.25, -0.2) is 9.37 Å². The van der Waals surface area contributed by atoms with Gasteiger partial charge in [0.15, 0.2) is 10.9 Å². The molecule has 1 heterocycles. The summed E-state index contributed by atoms with van der Waals surface area (Å²) in [4.78, 5) is 3.57. The lowest BCUT2D eigenvalue weighted by atomic mass is 10.2. The van der Waals surface area contributed by atoms with Gasteiger partial charge in [0.2, 0.25) is 10.0 Å². The lowest BCUT2D eigenvalue weighted by molar-refractivity contribution is 0.537. The summed E-state index contributed by atoms with van der Waals surface area (Å²) >= 11 is 4.90. The van der Waals surface area contributed by atoms with Crippen LogP contribution in [0.3, 0.4) is 0 Å². The Morgan fingerprint density at radius 3 is 2.74 bits per heavy atom. The van der Waals surface area contributed by atoms with Crippen molar-refractivity contribution in [3.8, 4) is 0 Å². The first-order valence-electron chi connectivity index (χ1n) is 8.36. The summed E-state index contributed by atoms with van der Waals surface area (Å²) in [6, 6.07) is 2.77. The van der Waals surface area contributed by atoms with Gasteiger partial charge in [-0.05, 0) is 26.3 Å². The minimum atomic E-state index is -1.94. The van der Waals surface area contributed by atoms with Crippen LogP contribution in [0.2, 0.25) is 5.02 Å². The fourth-order valence-corrected chi connectivity index (χ4v) is 4.01. The van der Waals surface area contributed by atoms with Gasteiger partial charge in [0.05, 0.1) is 16.9 Å². The molecule has 11 heteroatoms. The average molecular weight is 438 g/mol. The molecule has 0 saturated carbocycles. The molecule has 6 nitrogen and oxygen atoms in total. The van der Waals surface area contributed by atoms with E-state index in [0.717, 1.165) is 25.6 Å². The normalized spacial score (nSPS) is 13.4. The van der Waals surface area contributed by atoms with Crippen LogP contribution in [0.25, 0.3) is 0 Å². The van der Waals surface area contributed by atoms with Crippen LogP contribution >= 0.6 is 22.9 Å². The summed E-state index contributed by atoms with van der Waals surface area (Å²) in [6.45, 7) is 4.08. The summed E-state index contributed by atoms with van der Waals surface area (Å²) in [7, 11) is 0. The fraction of sp³-hybridized carbons (Fsp3) is 0.438. The van der Waals surface area contributed by atoms with Crippen molar-refractivity contribution in [3.63, 3.8) is 0 Å². The highest BCUT2D eigenvalue weighted by Crippen LogP contribution is 2.29. The number of hydrogen-bond acceptors (Lipinski definition) is 7. The molecule has 0 aliphatic rings. The number of benzene rings is 1. The van der Waals surface area contributed by atoms with E-state index in [0.29, 0.717) is 30.1 Å². The van der Waals surface area contributed by atoms with Crippen molar-refractivity contribution in [1.82, 2.24) is 10.3 Å². The van der Waals surface area contributed by atoms with Crippen LogP contribution in [-0.2, 0) is 11.4 Å². The maximum absolute atomic E-state index is 14.3. The Bertz CT molecular complexity index is 737. The summed E-state index contributed by atoms with van der Waals surface area (Å²) in [5, 5.41) is 6.18. The smallest absolute Gasteiger partial charge is 0.228 e. The third-order valence-electron chi connectivity index (χ3n) is 3.64. The Hall–Kier alpha value is -1.17. The van der Waals surface area contributed by atoms with Crippen molar-refractivity contribution < 1.29 is 13.3 Å². The molecule has 0 aliphatic heterocycles. The first kappa shape index (κ1) is 22.1. The molecule has 0 amide bonds. The molecule has 0 radical (unpaired) electrons. The molecule has 1 aromatic carbocycles. The lowest BCUT2D eigenvalue weighted by Crippen LogP contribution is -2.33. The van der Waals surface area contributed by atoms with Gasteiger partial charge in [-0.3, -0.25) is 0 Å². The number of anilines is 2. The Balaban J connectivity index is 1.86. The summed E-state index contributed by atoms with van der Waals surface area (Å²) < 4.78 is 41.9. The van der Waals surface area contributed by atoms with E-state index in [1.165, 1.54) is 12.1 Å². The highest BCUT2D eigenvalue weighted by molar-refractivity contribution is 7.93. The number of nitrogens with zero attached hydrogens (tertiary/aromatic N) is 1. The van der Waals surface area contributed by atoms with Crippen molar-refractivity contribution in [2.75, 3.05) is 29.7 Å². The number of aromatic nitrogens is 1. The highest BCUT2D eigenvalue weighted by atomic mass is 35.5. The summed E-state index contributed by atoms with van der Waals surface area (Å²) in [5.74, 6) is -0.678. The van der Waals surface area contributed by atoms with Crippen molar-refractivity contribution in [2.24, 2.45) is 5.73 Å². The van der Waals surface area contributed by atoms with Gasteiger partial charge in [-0.2, -0.15) is 9.11 Å². The average Bonchev–Trinajstić information content (AvgIpc) is 3.04. The second-order valence-electron chi connectivity index (χ2n) is 5.83. The number of rotatable bonds is 11. The van der Waals surface area contributed by atoms with Crippen LogP contribution in [0.5, 0.6) is 0 Å². The minimum absolute atomic E-state index is 0.0983. The van der Waals surface area contributed by atoms with Crippen LogP contribution < -0.4 is 21.1 Å². The Labute approximate surface area is 169 Å². The zero-order chi connectivity index (χ0) is 19.8. The molecular weight excluding hydrogens is 416 g/mol. The van der Waals surface area contributed by atoms with Gasteiger partial charge in [-0.15, -0.1) is 0 Å². The first-order chi connectivity index (χ1) is 12.9. The molecule has 5 N–H and O–H groups in total. The second kappa shape index (κ2) is 11.0. The number of nitrogens with one attached hydrogen (secondary N) is 3. The number of thiazole rings is 1. The molecule has 2 rings (SSSR count). The number of halogens is 3. The topological polar surface area (TPSA) is 98.1 Å². The number of hydrogen-bond donors (Lipinski definition) is 4. The fourth-order valence-electron chi connectivity index (χ4n) is 2.15. The van der Waals surface area contributed by atoms with E-state index < -0.39 is 22.3 Å². The summed E-state index contributed by atoms with van der Waals surface area (Å²) in [6.07, 6.45) is 2.80. The molecule has 0 spiro atoms. The van der Waals surface area contributed by atoms with E-state index in [4.69, 9.17) is 17.3 Å². The molecule has 0 aliphatic carbocycles. The molecule has 150 valence electrons. The van der Waals surface area contributed by atoms with E-state index in [2.05, 4.69) is 20.3 Å². The number of nitrogens with two attached hydrogens (primary N) is 1. The van der Waals surface area contributed by atoms with Gasteiger partial charge in [0.1, 0.15) is 11.4 Å². The van der Waals surface area contributed by atoms with Gasteiger partial charge < -0.3 is 20.9 Å². The third kappa shape index (κ3) is 7.05. The van der Waals surface area contributed by atoms with Gasteiger partial charge >= 0.3 is 0 Å². The lowest BCUT2D eigenvalue weighted by Gasteiger charge is -2.14. The third-order valence-corrected chi connectivity index (χ3v) is 5.88. The van der Waals surface area contributed by atoms with Gasteiger partial charge in [-0.1, -0.05) is 22.9 Å². The largest absolute Gasteiger partial charge is 0.588 e. The quantitative estimate of drug-likeness (QED) is 0.318. The summed E-state index contributed by atoms with van der Waals surface area (Å²) in [5.41, 5.74) is 5.96. The molecule has 2 aromatic rings. The standard InChI is InChI=1S/C16H22ClF2N5OS2/c1-10(8-20)21-4-2-3-5-22-13-7-12(18)14(6-11(13)17)27(25)24-16-23-9-15(19)26-16/h6-7,9-10,21-22H,2-5,8,20H2,1H3,(H,23,24)/t10-,27?/m1/s1. The maximum Gasteiger partial charge on any atom is 0.228 e. The van der Waals surface area contributed by atoms with Crippen LogP contribution in [0.1, 0.15) is 19.8 Å². The van der Waals surface area contributed by atoms with Crippen molar-refractivity contribution >= 4 is 45.1 Å². The van der Waals surface area contributed by atoms with E-state index in [1.54, 1.807) is 0 Å². The van der Waals surface area contributed by atoms with Crippen LogP contribution in [0, 0.1) is 10.9 Å². The molecule has 2 atom stereocenters. The zero-order valence-electron chi connectivity index (χ0n) is 14.7. The van der Waals surface area contributed by atoms with Crippen LogP contribution in [0.15, 0.2) is 23.2 Å². The van der Waals surface area contributed by atoms with Crippen LogP contribution in [-0.4, -0.2) is 35.2 Å². The predicted molar refractivity (Wildman–Crippen MR) is 108 cm³/mol. The Morgan fingerprint density at radius 1 is 1.33 bits per heavy atom. The molecule has 27 heavy (non-hydrogen) atoms. The molecule has 0 bridgehead atoms. The molecule has 0 fully saturated rings. The Morgan fingerprint density at radius 2 is 2.07 bits per heavy atom. The molecule has 0 saturated heterocycles. The van der Waals surface area contributed by atoms with Gasteiger partial charge in [0.25, 0.3) is 0 Å². The SMILES string of the molecule is C[C@H](CN)NCCCCNc1cc(F)c([S+]([O-])Nc2ncc(F)s2)cc1Cl. The second-order valence-corrected chi connectivity index (χ2v) is 8.40. The predicted octanol–water partition coefficient (Wildman–Crippen LogP) is 3.34. The van der Waals surface area contributed by atoms with E-state index >= 15 is 0 Å². The molecule has 1 aromatic heterocycles. The first-order valence-corrected chi connectivity index (χ1v) is 10.7. The Kier molecular flexibility index (Phi) is 9.00. The molecular formula is C16H22ClF2N5OS2. The van der Waals surface area contributed by atoms with E-state index in [1.807, 2.05) is 6.92 Å². The van der Waals surface area contributed by atoms with Crippen LogP contribution in [0.4, 0.5) is 19.6 Å². The molecule has 1 unspecified atom stereocenters. The monoisotopic (exact) mass is 437 g/mol. The zero-order valence-corrected chi connectivity index (χ0v) is 17.1. The maximum atomic E-state index is 14.3. The van der Waals surface area contributed by atoms with E-state index in [9.17, 15) is 13.3 Å². The van der Waals surface area contributed by atoms with Crippen molar-refractivity contribution in [2.45, 2.75) is 30.7 Å². The van der Waals surface area contributed by atoms with E-state index in [-0.39, 0.29) is 21.1 Å². The minimum Gasteiger partial charge on any atom is -0.588 e. The van der Waals surface area contributed by atoms with Crippen molar-refractivity contribution in [3.05, 3.63) is 34.3 Å².